The Kier molecular flexibility index (Phi) is 3.92. The molecule has 110 valence electrons. The van der Waals surface area contributed by atoms with Crippen molar-refractivity contribution in [1.29, 1.82) is 0 Å². The lowest BCUT2D eigenvalue weighted by molar-refractivity contribution is -0.135. The van der Waals surface area contributed by atoms with Crippen LogP contribution in [0.5, 0.6) is 0 Å². The number of nitrogens with one attached hydrogen (secondary N) is 1. The zero-order chi connectivity index (χ0) is 14.8. The van der Waals surface area contributed by atoms with E-state index in [2.05, 4.69) is 21.7 Å². The fourth-order valence-corrected chi connectivity index (χ4v) is 3.78. The molecule has 1 aliphatic heterocycles. The van der Waals surface area contributed by atoms with Gasteiger partial charge in [-0.1, -0.05) is 12.1 Å². The Morgan fingerprint density at radius 2 is 2.19 bits per heavy atom. The second-order valence-corrected chi connectivity index (χ2v) is 6.40. The van der Waals surface area contributed by atoms with Gasteiger partial charge < -0.3 is 10.2 Å². The molecule has 1 aliphatic rings. The van der Waals surface area contributed by atoms with Crippen LogP contribution in [0.1, 0.15) is 29.5 Å². The lowest BCUT2D eigenvalue weighted by Gasteiger charge is -2.39. The van der Waals surface area contributed by atoms with Crippen molar-refractivity contribution < 1.29 is 4.79 Å². The number of likely N-dealkylation sites (tertiary alicyclic amines) is 1. The number of carbonyl (C=O) groups is 1. The first kappa shape index (κ1) is 14.1. The average Bonchev–Trinajstić information content (AvgIpc) is 2.97. The molecule has 1 saturated heterocycles. The molecule has 0 spiro atoms. The standard InChI is InChI=1S/C16H19N3OS/c1-11-5-3-7-14(17-11)18-12-8-9-15(20)19(2)16(12)13-6-4-10-21-13/h3-7,10,12,16H,8-9H2,1-2H3,(H,17,18). The largest absolute Gasteiger partial charge is 0.365 e. The van der Waals surface area contributed by atoms with Gasteiger partial charge in [-0.05, 0) is 36.9 Å². The first-order chi connectivity index (χ1) is 10.1. The summed E-state index contributed by atoms with van der Waals surface area (Å²) < 4.78 is 0. The van der Waals surface area contributed by atoms with E-state index in [1.165, 1.54) is 4.88 Å². The van der Waals surface area contributed by atoms with Crippen molar-refractivity contribution in [2.75, 3.05) is 12.4 Å². The summed E-state index contributed by atoms with van der Waals surface area (Å²) in [5, 5.41) is 5.57. The van der Waals surface area contributed by atoms with Gasteiger partial charge in [-0.15, -0.1) is 11.3 Å². The molecule has 0 aromatic carbocycles. The number of hydrogen-bond donors (Lipinski definition) is 1. The van der Waals surface area contributed by atoms with Crippen LogP contribution in [0.15, 0.2) is 35.7 Å². The molecule has 0 saturated carbocycles. The highest BCUT2D eigenvalue weighted by molar-refractivity contribution is 7.10. The number of thiophene rings is 1. The van der Waals surface area contributed by atoms with Gasteiger partial charge in [0.1, 0.15) is 5.82 Å². The Morgan fingerprint density at radius 3 is 2.90 bits per heavy atom. The second-order valence-electron chi connectivity index (χ2n) is 5.42. The molecule has 1 fully saturated rings. The van der Waals surface area contributed by atoms with Crippen LogP contribution in [0.3, 0.4) is 0 Å². The molecule has 0 radical (unpaired) electrons. The molecule has 3 heterocycles. The summed E-state index contributed by atoms with van der Waals surface area (Å²) in [6.07, 6.45) is 1.42. The summed E-state index contributed by atoms with van der Waals surface area (Å²) >= 11 is 1.70. The van der Waals surface area contributed by atoms with E-state index >= 15 is 0 Å². The number of aryl methyl sites for hydroxylation is 1. The highest BCUT2D eigenvalue weighted by Gasteiger charge is 2.35. The zero-order valence-corrected chi connectivity index (χ0v) is 13.1. The van der Waals surface area contributed by atoms with Crippen LogP contribution in [0.25, 0.3) is 0 Å². The summed E-state index contributed by atoms with van der Waals surface area (Å²) in [7, 11) is 1.89. The number of rotatable bonds is 3. The maximum absolute atomic E-state index is 12.0. The zero-order valence-electron chi connectivity index (χ0n) is 12.2. The van der Waals surface area contributed by atoms with Crippen molar-refractivity contribution in [1.82, 2.24) is 9.88 Å². The maximum atomic E-state index is 12.0. The van der Waals surface area contributed by atoms with Gasteiger partial charge in [0.05, 0.1) is 12.1 Å². The van der Waals surface area contributed by atoms with Crippen molar-refractivity contribution in [3.63, 3.8) is 0 Å². The SMILES string of the molecule is Cc1cccc(NC2CCC(=O)N(C)C2c2cccs2)n1. The van der Waals surface area contributed by atoms with E-state index in [1.807, 2.05) is 43.1 Å². The summed E-state index contributed by atoms with van der Waals surface area (Å²) in [6, 6.07) is 10.4. The van der Waals surface area contributed by atoms with Crippen LogP contribution in [-0.2, 0) is 4.79 Å². The van der Waals surface area contributed by atoms with Crippen LogP contribution in [-0.4, -0.2) is 28.9 Å². The van der Waals surface area contributed by atoms with E-state index in [9.17, 15) is 4.79 Å². The second kappa shape index (κ2) is 5.85. The van der Waals surface area contributed by atoms with E-state index in [1.54, 1.807) is 11.3 Å². The molecule has 2 aromatic heterocycles. The van der Waals surface area contributed by atoms with Crippen LogP contribution < -0.4 is 5.32 Å². The van der Waals surface area contributed by atoms with Gasteiger partial charge in [-0.25, -0.2) is 4.98 Å². The minimum Gasteiger partial charge on any atom is -0.365 e. The fraction of sp³-hybridized carbons (Fsp3) is 0.375. The Labute approximate surface area is 128 Å². The van der Waals surface area contributed by atoms with Gasteiger partial charge in [-0.2, -0.15) is 0 Å². The number of pyridine rings is 1. The Hall–Kier alpha value is -1.88. The maximum Gasteiger partial charge on any atom is 0.223 e. The molecule has 5 heteroatoms. The molecule has 2 unspecified atom stereocenters. The molecular weight excluding hydrogens is 282 g/mol. The van der Waals surface area contributed by atoms with Crippen LogP contribution >= 0.6 is 11.3 Å². The first-order valence-corrected chi connectivity index (χ1v) is 8.02. The molecule has 21 heavy (non-hydrogen) atoms. The molecular formula is C16H19N3OS. The number of hydrogen-bond acceptors (Lipinski definition) is 4. The van der Waals surface area contributed by atoms with E-state index in [-0.39, 0.29) is 18.0 Å². The lowest BCUT2D eigenvalue weighted by atomic mass is 9.95. The minimum atomic E-state index is 0.0774. The van der Waals surface area contributed by atoms with Crippen molar-refractivity contribution in [2.24, 2.45) is 0 Å². The summed E-state index contributed by atoms with van der Waals surface area (Å²) in [4.78, 5) is 19.6. The lowest BCUT2D eigenvalue weighted by Crippen LogP contribution is -2.45. The predicted molar refractivity (Wildman–Crippen MR) is 85.4 cm³/mol. The summed E-state index contributed by atoms with van der Waals surface area (Å²) in [5.74, 6) is 1.09. The number of carbonyl (C=O) groups excluding carboxylic acids is 1. The molecule has 0 bridgehead atoms. The van der Waals surface area contributed by atoms with Crippen LogP contribution in [0.4, 0.5) is 5.82 Å². The van der Waals surface area contributed by atoms with Crippen molar-refractivity contribution in [3.05, 3.63) is 46.3 Å². The van der Waals surface area contributed by atoms with Gasteiger partial charge in [0.25, 0.3) is 0 Å². The number of aromatic nitrogens is 1. The van der Waals surface area contributed by atoms with Crippen LogP contribution in [0, 0.1) is 6.92 Å². The Balaban J connectivity index is 1.86. The third-order valence-electron chi connectivity index (χ3n) is 3.92. The van der Waals surface area contributed by atoms with Gasteiger partial charge in [0.15, 0.2) is 0 Å². The highest BCUT2D eigenvalue weighted by atomic mass is 32.1. The molecule has 2 aromatic rings. The molecule has 1 amide bonds. The minimum absolute atomic E-state index is 0.0774. The van der Waals surface area contributed by atoms with Crippen molar-refractivity contribution in [2.45, 2.75) is 31.8 Å². The van der Waals surface area contributed by atoms with Crippen LogP contribution in [0.2, 0.25) is 0 Å². The summed E-state index contributed by atoms with van der Waals surface area (Å²) in [6.45, 7) is 1.98. The molecule has 4 nitrogen and oxygen atoms in total. The normalized spacial score (nSPS) is 22.4. The molecule has 3 rings (SSSR count). The number of nitrogens with zero attached hydrogens (tertiary/aromatic N) is 2. The number of piperidine rings is 1. The smallest absolute Gasteiger partial charge is 0.223 e. The van der Waals surface area contributed by atoms with E-state index in [0.717, 1.165) is 17.9 Å². The van der Waals surface area contributed by atoms with Gasteiger partial charge in [0, 0.05) is 24.0 Å². The topological polar surface area (TPSA) is 45.2 Å². The molecule has 0 aliphatic carbocycles. The van der Waals surface area contributed by atoms with Gasteiger partial charge >= 0.3 is 0 Å². The average molecular weight is 301 g/mol. The quantitative estimate of drug-likeness (QED) is 0.946. The Morgan fingerprint density at radius 1 is 1.33 bits per heavy atom. The number of likely N-dealkylation sites (N-methyl/N-ethyl adjacent to an activating group) is 1. The highest BCUT2D eigenvalue weighted by Crippen LogP contribution is 2.34. The van der Waals surface area contributed by atoms with Crippen molar-refractivity contribution in [3.8, 4) is 0 Å². The van der Waals surface area contributed by atoms with Gasteiger partial charge in [-0.3, -0.25) is 4.79 Å². The Bertz CT molecular complexity index is 626. The molecule has 2 atom stereocenters. The third-order valence-corrected chi connectivity index (χ3v) is 4.86. The number of amides is 1. The third kappa shape index (κ3) is 2.93. The fourth-order valence-electron chi connectivity index (χ4n) is 2.85. The van der Waals surface area contributed by atoms with E-state index in [0.29, 0.717) is 6.42 Å². The van der Waals surface area contributed by atoms with E-state index in [4.69, 9.17) is 0 Å². The van der Waals surface area contributed by atoms with Gasteiger partial charge in [0.2, 0.25) is 5.91 Å². The molecule has 1 N–H and O–H groups in total. The number of anilines is 1. The predicted octanol–water partition coefficient (Wildman–Crippen LogP) is 3.23. The monoisotopic (exact) mass is 301 g/mol. The van der Waals surface area contributed by atoms with Crippen molar-refractivity contribution >= 4 is 23.1 Å². The summed E-state index contributed by atoms with van der Waals surface area (Å²) in [5.41, 5.74) is 0.993. The first-order valence-electron chi connectivity index (χ1n) is 7.14. The van der Waals surface area contributed by atoms with E-state index < -0.39 is 0 Å².